The van der Waals surface area contributed by atoms with Gasteiger partial charge in [-0.25, -0.2) is 0 Å². The first-order valence-electron chi connectivity index (χ1n) is 5.79. The van der Waals surface area contributed by atoms with Gasteiger partial charge in [0.1, 0.15) is 0 Å². The topological polar surface area (TPSA) is 49.9 Å². The third kappa shape index (κ3) is 2.74. The molecule has 1 unspecified atom stereocenters. The van der Waals surface area contributed by atoms with Crippen molar-refractivity contribution < 1.29 is 13.2 Å². The van der Waals surface area contributed by atoms with Gasteiger partial charge in [0.05, 0.1) is 6.10 Å². The molecule has 1 saturated heterocycles. The fraction of sp³-hybridized carbons (Fsp3) is 1.00. The summed E-state index contributed by atoms with van der Waals surface area (Å²) in [6, 6.07) is 0. The van der Waals surface area contributed by atoms with Crippen LogP contribution in [-0.4, -0.2) is 56.9 Å². The van der Waals surface area contributed by atoms with Crippen molar-refractivity contribution in [3.8, 4) is 0 Å². The number of ether oxygens (including phenoxy) is 1. The highest BCUT2D eigenvalue weighted by atomic mass is 32.2. The maximum Gasteiger partial charge on any atom is 0.281 e. The van der Waals surface area contributed by atoms with Gasteiger partial charge in [-0.2, -0.15) is 17.0 Å². The quantitative estimate of drug-likeness (QED) is 0.703. The average molecular weight is 248 g/mol. The summed E-state index contributed by atoms with van der Waals surface area (Å²) in [7, 11) is -0.119. The minimum Gasteiger partial charge on any atom is -0.377 e. The SMILES string of the molecule is CN(C)S(=O)(=O)N1CCC(OCC2CC2)C1. The van der Waals surface area contributed by atoms with Gasteiger partial charge in [0, 0.05) is 33.8 Å². The van der Waals surface area contributed by atoms with E-state index in [2.05, 4.69) is 0 Å². The Morgan fingerprint density at radius 2 is 2.00 bits per heavy atom. The van der Waals surface area contributed by atoms with E-state index in [1.807, 2.05) is 0 Å². The molecule has 16 heavy (non-hydrogen) atoms. The second-order valence-electron chi connectivity index (χ2n) is 4.84. The second-order valence-corrected chi connectivity index (χ2v) is 6.98. The lowest BCUT2D eigenvalue weighted by Crippen LogP contribution is -2.39. The summed E-state index contributed by atoms with van der Waals surface area (Å²) in [5.74, 6) is 0.736. The van der Waals surface area contributed by atoms with Crippen LogP contribution in [0.2, 0.25) is 0 Å². The van der Waals surface area contributed by atoms with Crippen molar-refractivity contribution in [2.75, 3.05) is 33.8 Å². The van der Waals surface area contributed by atoms with E-state index in [1.165, 1.54) is 21.5 Å². The molecule has 0 bridgehead atoms. The van der Waals surface area contributed by atoms with Crippen LogP contribution in [-0.2, 0) is 14.9 Å². The molecule has 6 heteroatoms. The normalized spacial score (nSPS) is 27.8. The van der Waals surface area contributed by atoms with Crippen LogP contribution < -0.4 is 0 Å². The molecule has 0 aromatic heterocycles. The maximum atomic E-state index is 11.8. The fourth-order valence-electron chi connectivity index (χ4n) is 1.83. The largest absolute Gasteiger partial charge is 0.377 e. The molecule has 0 aromatic rings. The predicted molar refractivity (Wildman–Crippen MR) is 61.3 cm³/mol. The number of hydrogen-bond donors (Lipinski definition) is 0. The Kier molecular flexibility index (Phi) is 3.53. The number of rotatable bonds is 5. The molecule has 0 radical (unpaired) electrons. The highest BCUT2D eigenvalue weighted by Gasteiger charge is 2.34. The summed E-state index contributed by atoms with van der Waals surface area (Å²) in [5, 5.41) is 0. The van der Waals surface area contributed by atoms with Crippen LogP contribution in [0.15, 0.2) is 0 Å². The van der Waals surface area contributed by atoms with Crippen LogP contribution in [0, 0.1) is 5.92 Å². The second kappa shape index (κ2) is 4.60. The molecule has 2 rings (SSSR count). The van der Waals surface area contributed by atoms with E-state index >= 15 is 0 Å². The summed E-state index contributed by atoms with van der Waals surface area (Å²) in [6.45, 7) is 1.89. The van der Waals surface area contributed by atoms with Gasteiger partial charge in [-0.1, -0.05) is 0 Å². The first kappa shape index (κ1) is 12.3. The molecular formula is C10H20N2O3S. The average Bonchev–Trinajstić information content (AvgIpc) is 2.92. The van der Waals surface area contributed by atoms with Crippen molar-refractivity contribution in [1.82, 2.24) is 8.61 Å². The molecule has 0 N–H and O–H groups in total. The van der Waals surface area contributed by atoms with Crippen molar-refractivity contribution in [1.29, 1.82) is 0 Å². The fourth-order valence-corrected chi connectivity index (χ4v) is 2.98. The highest BCUT2D eigenvalue weighted by Crippen LogP contribution is 2.30. The third-order valence-corrected chi connectivity index (χ3v) is 5.07. The van der Waals surface area contributed by atoms with Crippen LogP contribution in [0.5, 0.6) is 0 Å². The highest BCUT2D eigenvalue weighted by molar-refractivity contribution is 7.86. The standard InChI is InChI=1S/C10H20N2O3S/c1-11(2)16(13,14)12-6-5-10(7-12)15-8-9-3-4-9/h9-10H,3-8H2,1-2H3. The van der Waals surface area contributed by atoms with Crippen LogP contribution in [0.3, 0.4) is 0 Å². The molecule has 1 aliphatic carbocycles. The maximum absolute atomic E-state index is 11.8. The predicted octanol–water partition coefficient (Wildman–Crippen LogP) is 0.294. The van der Waals surface area contributed by atoms with Gasteiger partial charge in [-0.15, -0.1) is 0 Å². The van der Waals surface area contributed by atoms with Gasteiger partial charge in [-0.3, -0.25) is 0 Å². The van der Waals surface area contributed by atoms with Gasteiger partial charge in [0.2, 0.25) is 0 Å². The minimum absolute atomic E-state index is 0.0929. The summed E-state index contributed by atoms with van der Waals surface area (Å²) in [5.41, 5.74) is 0. The third-order valence-electron chi connectivity index (χ3n) is 3.16. The van der Waals surface area contributed by atoms with Gasteiger partial charge in [0.15, 0.2) is 0 Å². The van der Waals surface area contributed by atoms with Gasteiger partial charge in [0.25, 0.3) is 10.2 Å². The van der Waals surface area contributed by atoms with Gasteiger partial charge < -0.3 is 4.74 Å². The van der Waals surface area contributed by atoms with Crippen molar-refractivity contribution in [2.45, 2.75) is 25.4 Å². The van der Waals surface area contributed by atoms with E-state index in [1.54, 1.807) is 14.1 Å². The van der Waals surface area contributed by atoms with E-state index in [4.69, 9.17) is 4.74 Å². The smallest absolute Gasteiger partial charge is 0.281 e. The van der Waals surface area contributed by atoms with Crippen molar-refractivity contribution in [3.05, 3.63) is 0 Å². The minimum atomic E-state index is -3.25. The summed E-state index contributed by atoms with van der Waals surface area (Å²) in [6.07, 6.45) is 3.45. The number of hydrogen-bond acceptors (Lipinski definition) is 3. The van der Waals surface area contributed by atoms with Crippen molar-refractivity contribution >= 4 is 10.2 Å². The molecule has 1 atom stereocenters. The van der Waals surface area contributed by atoms with E-state index in [0.717, 1.165) is 18.9 Å². The first-order valence-corrected chi connectivity index (χ1v) is 7.19. The van der Waals surface area contributed by atoms with E-state index in [-0.39, 0.29) is 6.10 Å². The van der Waals surface area contributed by atoms with Crippen molar-refractivity contribution in [2.24, 2.45) is 5.92 Å². The van der Waals surface area contributed by atoms with Gasteiger partial charge >= 0.3 is 0 Å². The molecule has 2 fully saturated rings. The van der Waals surface area contributed by atoms with Crippen LogP contribution in [0.4, 0.5) is 0 Å². The molecule has 5 nitrogen and oxygen atoms in total. The molecule has 1 aliphatic heterocycles. The summed E-state index contributed by atoms with van der Waals surface area (Å²) < 4.78 is 32.1. The first-order chi connectivity index (χ1) is 7.50. The lowest BCUT2D eigenvalue weighted by atomic mass is 10.3. The zero-order valence-electron chi connectivity index (χ0n) is 9.92. The van der Waals surface area contributed by atoms with E-state index < -0.39 is 10.2 Å². The van der Waals surface area contributed by atoms with Crippen LogP contribution in [0.25, 0.3) is 0 Å². The Hall–Kier alpha value is -0.170. The van der Waals surface area contributed by atoms with Crippen LogP contribution in [0.1, 0.15) is 19.3 Å². The zero-order chi connectivity index (χ0) is 11.8. The zero-order valence-corrected chi connectivity index (χ0v) is 10.7. The van der Waals surface area contributed by atoms with E-state index in [9.17, 15) is 8.42 Å². The molecular weight excluding hydrogens is 228 g/mol. The molecule has 1 heterocycles. The Balaban J connectivity index is 1.82. The monoisotopic (exact) mass is 248 g/mol. The van der Waals surface area contributed by atoms with Crippen LogP contribution >= 0.6 is 0 Å². The molecule has 0 spiro atoms. The molecule has 2 aliphatic rings. The Morgan fingerprint density at radius 3 is 2.56 bits per heavy atom. The Labute approximate surface area is 97.5 Å². The number of nitrogens with zero attached hydrogens (tertiary/aromatic N) is 2. The molecule has 94 valence electrons. The Morgan fingerprint density at radius 1 is 1.31 bits per heavy atom. The lowest BCUT2D eigenvalue weighted by molar-refractivity contribution is 0.0559. The Bertz CT molecular complexity index is 338. The molecule has 0 amide bonds. The van der Waals surface area contributed by atoms with Gasteiger partial charge in [-0.05, 0) is 25.2 Å². The summed E-state index contributed by atoms with van der Waals surface area (Å²) >= 11 is 0. The molecule has 1 saturated carbocycles. The molecule has 0 aromatic carbocycles. The summed E-state index contributed by atoms with van der Waals surface area (Å²) in [4.78, 5) is 0. The van der Waals surface area contributed by atoms with E-state index in [0.29, 0.717) is 13.1 Å². The lowest BCUT2D eigenvalue weighted by Gasteiger charge is -2.20. The van der Waals surface area contributed by atoms with Crippen molar-refractivity contribution in [3.63, 3.8) is 0 Å².